The molecule has 2 heterocycles. The van der Waals surface area contributed by atoms with E-state index in [1.165, 1.54) is 11.3 Å². The largest absolute Gasteiger partial charge is 0.372 e. The molecule has 0 unspecified atom stereocenters. The number of aromatic nitrogens is 2. The molecule has 0 atom stereocenters. The molecule has 1 amide bonds. The number of benzene rings is 2. The minimum absolute atomic E-state index is 0.0717. The number of pyridine rings is 2. The number of nitrogens with zero attached hydrogens (tertiary/aromatic N) is 3. The van der Waals surface area contributed by atoms with Crippen molar-refractivity contribution in [1.29, 1.82) is 0 Å². The van der Waals surface area contributed by atoms with Gasteiger partial charge in [0.1, 0.15) is 0 Å². The molecule has 4 aromatic rings. The molecule has 0 aliphatic heterocycles. The lowest BCUT2D eigenvalue weighted by Crippen LogP contribution is -2.30. The van der Waals surface area contributed by atoms with Crippen LogP contribution in [0.2, 0.25) is 0 Å². The molecule has 2 aromatic carbocycles. The Morgan fingerprint density at radius 2 is 1.81 bits per heavy atom. The first-order valence-electron chi connectivity index (χ1n) is 11.1. The highest BCUT2D eigenvalue weighted by molar-refractivity contribution is 6.07. The molecule has 0 saturated carbocycles. The summed E-state index contributed by atoms with van der Waals surface area (Å²) in [5.74, 6) is -0.0717. The predicted octanol–water partition coefficient (Wildman–Crippen LogP) is 5.25. The topological polar surface area (TPSA) is 58.1 Å². The first-order chi connectivity index (χ1) is 15.7. The summed E-state index contributed by atoms with van der Waals surface area (Å²) in [5.41, 5.74) is 5.64. The van der Waals surface area contributed by atoms with Gasteiger partial charge in [-0.15, -0.1) is 0 Å². The Bertz CT molecular complexity index is 1210. The van der Waals surface area contributed by atoms with Gasteiger partial charge in [0.05, 0.1) is 16.8 Å². The summed E-state index contributed by atoms with van der Waals surface area (Å²) >= 11 is 0. The number of para-hydroxylation sites is 1. The molecule has 32 heavy (non-hydrogen) atoms. The van der Waals surface area contributed by atoms with Crippen molar-refractivity contribution >= 4 is 22.5 Å². The number of amides is 1. The monoisotopic (exact) mass is 424 g/mol. The predicted molar refractivity (Wildman–Crippen MR) is 131 cm³/mol. The maximum Gasteiger partial charge on any atom is 0.252 e. The van der Waals surface area contributed by atoms with E-state index in [0.29, 0.717) is 12.1 Å². The van der Waals surface area contributed by atoms with Crippen LogP contribution in [0.15, 0.2) is 79.1 Å². The molecular formula is C27H28N4O. The number of fused-ring (bicyclic) bond motifs is 1. The zero-order valence-electron chi connectivity index (χ0n) is 18.6. The van der Waals surface area contributed by atoms with Gasteiger partial charge in [-0.2, -0.15) is 0 Å². The van der Waals surface area contributed by atoms with Gasteiger partial charge in [-0.1, -0.05) is 30.3 Å². The molecule has 4 rings (SSSR count). The Hall–Kier alpha value is -3.73. The van der Waals surface area contributed by atoms with Crippen LogP contribution < -0.4 is 10.2 Å². The number of hydrogen-bond donors (Lipinski definition) is 1. The third-order valence-corrected chi connectivity index (χ3v) is 5.58. The van der Waals surface area contributed by atoms with E-state index < -0.39 is 0 Å². The van der Waals surface area contributed by atoms with Crippen molar-refractivity contribution in [3.05, 3.63) is 90.3 Å². The average molecular weight is 425 g/mol. The number of carbonyl (C=O) groups is 1. The third kappa shape index (κ3) is 4.94. The Kier molecular flexibility index (Phi) is 6.75. The van der Waals surface area contributed by atoms with Crippen LogP contribution in [-0.4, -0.2) is 35.5 Å². The van der Waals surface area contributed by atoms with Crippen molar-refractivity contribution in [2.45, 2.75) is 20.3 Å². The zero-order chi connectivity index (χ0) is 22.3. The van der Waals surface area contributed by atoms with E-state index in [9.17, 15) is 4.79 Å². The van der Waals surface area contributed by atoms with Crippen molar-refractivity contribution in [2.24, 2.45) is 0 Å². The van der Waals surface area contributed by atoms with E-state index in [1.807, 2.05) is 42.5 Å². The molecule has 0 aliphatic carbocycles. The fourth-order valence-electron chi connectivity index (χ4n) is 3.90. The molecule has 2 aromatic heterocycles. The summed E-state index contributed by atoms with van der Waals surface area (Å²) < 4.78 is 0. The van der Waals surface area contributed by atoms with Gasteiger partial charge in [0.15, 0.2) is 0 Å². The summed E-state index contributed by atoms with van der Waals surface area (Å²) in [4.78, 5) is 24.3. The number of rotatable bonds is 8. The third-order valence-electron chi connectivity index (χ3n) is 5.58. The van der Waals surface area contributed by atoms with Crippen LogP contribution in [0, 0.1) is 6.92 Å². The van der Waals surface area contributed by atoms with Gasteiger partial charge >= 0.3 is 0 Å². The van der Waals surface area contributed by atoms with Crippen LogP contribution in [0.25, 0.3) is 22.2 Å². The average Bonchev–Trinajstić information content (AvgIpc) is 2.83. The van der Waals surface area contributed by atoms with E-state index in [2.05, 4.69) is 53.3 Å². The van der Waals surface area contributed by atoms with E-state index in [-0.39, 0.29) is 5.91 Å². The van der Waals surface area contributed by atoms with E-state index in [0.717, 1.165) is 41.7 Å². The van der Waals surface area contributed by atoms with Gasteiger partial charge < -0.3 is 10.2 Å². The molecule has 0 radical (unpaired) electrons. The second kappa shape index (κ2) is 10.1. The first-order valence-corrected chi connectivity index (χ1v) is 11.1. The normalized spacial score (nSPS) is 10.8. The van der Waals surface area contributed by atoms with Crippen molar-refractivity contribution in [2.75, 3.05) is 24.5 Å². The number of hydrogen-bond acceptors (Lipinski definition) is 4. The summed E-state index contributed by atoms with van der Waals surface area (Å²) in [7, 11) is 0. The fourth-order valence-corrected chi connectivity index (χ4v) is 3.90. The Labute approximate surface area is 189 Å². The molecule has 0 bridgehead atoms. The van der Waals surface area contributed by atoms with Crippen molar-refractivity contribution in [3.8, 4) is 11.3 Å². The number of nitrogens with one attached hydrogen (secondary N) is 1. The minimum Gasteiger partial charge on any atom is -0.372 e. The molecule has 0 fully saturated rings. The first kappa shape index (κ1) is 21.5. The molecule has 162 valence electrons. The zero-order valence-corrected chi connectivity index (χ0v) is 18.6. The summed E-state index contributed by atoms with van der Waals surface area (Å²) in [5, 5.41) is 3.97. The highest BCUT2D eigenvalue weighted by Gasteiger charge is 2.14. The number of carbonyl (C=O) groups excluding carboxylic acids is 1. The SMILES string of the molecule is CCN(CCCNC(=O)c1cc(-c2ccncc2)nc2ccccc12)c1cccc(C)c1. The van der Waals surface area contributed by atoms with E-state index >= 15 is 0 Å². The van der Waals surface area contributed by atoms with Crippen molar-refractivity contribution in [3.63, 3.8) is 0 Å². The lowest BCUT2D eigenvalue weighted by Gasteiger charge is -2.23. The van der Waals surface area contributed by atoms with E-state index in [1.54, 1.807) is 12.4 Å². The second-order valence-corrected chi connectivity index (χ2v) is 7.84. The smallest absolute Gasteiger partial charge is 0.252 e. The van der Waals surface area contributed by atoms with Crippen molar-refractivity contribution in [1.82, 2.24) is 15.3 Å². The number of anilines is 1. The van der Waals surface area contributed by atoms with Gasteiger partial charge in [-0.3, -0.25) is 9.78 Å². The highest BCUT2D eigenvalue weighted by atomic mass is 16.1. The standard InChI is InChI=1S/C27H28N4O/c1-3-31(22-9-6-8-20(2)18-22)17-7-14-29-27(32)24-19-26(21-12-15-28-16-13-21)30-25-11-5-4-10-23(24)25/h4-6,8-13,15-16,18-19H,3,7,14,17H2,1-2H3,(H,29,32). The maximum atomic E-state index is 13.1. The Morgan fingerprint density at radius 1 is 1.00 bits per heavy atom. The Balaban J connectivity index is 1.46. The molecule has 5 nitrogen and oxygen atoms in total. The molecule has 0 saturated heterocycles. The van der Waals surface area contributed by atoms with Crippen LogP contribution in [0.4, 0.5) is 5.69 Å². The summed E-state index contributed by atoms with van der Waals surface area (Å²) in [6.45, 7) is 6.70. The highest BCUT2D eigenvalue weighted by Crippen LogP contribution is 2.24. The van der Waals surface area contributed by atoms with Gasteiger partial charge in [0, 0.05) is 48.7 Å². The van der Waals surface area contributed by atoms with Crippen LogP contribution in [0.3, 0.4) is 0 Å². The van der Waals surface area contributed by atoms with Crippen LogP contribution in [0.1, 0.15) is 29.3 Å². The molecular weight excluding hydrogens is 396 g/mol. The van der Waals surface area contributed by atoms with E-state index in [4.69, 9.17) is 4.98 Å². The molecule has 1 N–H and O–H groups in total. The maximum absolute atomic E-state index is 13.1. The van der Waals surface area contributed by atoms with Gasteiger partial charge in [-0.25, -0.2) is 4.98 Å². The van der Waals surface area contributed by atoms with Crippen LogP contribution >= 0.6 is 0 Å². The lowest BCUT2D eigenvalue weighted by atomic mass is 10.0. The summed E-state index contributed by atoms with van der Waals surface area (Å²) in [6, 6.07) is 22.0. The minimum atomic E-state index is -0.0717. The fraction of sp³-hybridized carbons (Fsp3) is 0.222. The van der Waals surface area contributed by atoms with Crippen LogP contribution in [0.5, 0.6) is 0 Å². The van der Waals surface area contributed by atoms with Gasteiger partial charge in [0.2, 0.25) is 0 Å². The molecule has 0 spiro atoms. The number of aryl methyl sites for hydroxylation is 1. The van der Waals surface area contributed by atoms with Gasteiger partial charge in [0.25, 0.3) is 5.91 Å². The quantitative estimate of drug-likeness (QED) is 0.393. The molecule has 5 heteroatoms. The Morgan fingerprint density at radius 3 is 2.59 bits per heavy atom. The molecule has 0 aliphatic rings. The van der Waals surface area contributed by atoms with Crippen molar-refractivity contribution < 1.29 is 4.79 Å². The van der Waals surface area contributed by atoms with Crippen LogP contribution in [-0.2, 0) is 0 Å². The van der Waals surface area contributed by atoms with Gasteiger partial charge in [-0.05, 0) is 62.2 Å². The summed E-state index contributed by atoms with van der Waals surface area (Å²) in [6.07, 6.45) is 4.34. The second-order valence-electron chi connectivity index (χ2n) is 7.84. The lowest BCUT2D eigenvalue weighted by molar-refractivity contribution is 0.0955.